The number of benzene rings is 8. The summed E-state index contributed by atoms with van der Waals surface area (Å²) in [5, 5.41) is 10.0. The third-order valence-electron chi connectivity index (χ3n) is 12.1. The Labute approximate surface area is 343 Å². The molecule has 1 aliphatic rings. The Kier molecular flexibility index (Phi) is 8.34. The Bertz CT molecular complexity index is 3250. The van der Waals surface area contributed by atoms with Gasteiger partial charge in [-0.25, -0.2) is 9.97 Å². The predicted octanol–water partition coefficient (Wildman–Crippen LogP) is 14.5. The number of nitrogens with zero attached hydrogens (tertiary/aromatic N) is 3. The van der Waals surface area contributed by atoms with Gasteiger partial charge in [0.25, 0.3) is 0 Å². The summed E-state index contributed by atoms with van der Waals surface area (Å²) < 4.78 is 0. The molecule has 11 rings (SSSR count). The maximum Gasteiger partial charge on any atom is 0.139 e. The van der Waals surface area contributed by atoms with E-state index in [2.05, 4.69) is 206 Å². The largest absolute Gasteiger partial charge is 0.263 e. The highest BCUT2D eigenvalue weighted by Gasteiger charge is 2.30. The summed E-state index contributed by atoms with van der Waals surface area (Å²) >= 11 is 0. The average molecular weight is 754 g/mol. The maximum atomic E-state index is 5.34. The molecule has 3 nitrogen and oxygen atoms in total. The molecular weight excluding hydrogens is 715 g/mol. The van der Waals surface area contributed by atoms with Crippen LogP contribution in [0.15, 0.2) is 207 Å². The lowest BCUT2D eigenvalue weighted by Crippen LogP contribution is -2.24. The Balaban J connectivity index is 0.972. The fourth-order valence-corrected chi connectivity index (χ4v) is 8.83. The number of fused-ring (bicyclic) bond motifs is 7. The molecule has 0 fully saturated rings. The molecule has 0 aliphatic heterocycles. The number of pyridine rings is 1. The summed E-state index contributed by atoms with van der Waals surface area (Å²) in [5.41, 5.74) is 10.5. The van der Waals surface area contributed by atoms with Crippen molar-refractivity contribution < 1.29 is 0 Å². The zero-order chi connectivity index (χ0) is 39.3. The van der Waals surface area contributed by atoms with Gasteiger partial charge < -0.3 is 0 Å². The van der Waals surface area contributed by atoms with Crippen LogP contribution in [0.1, 0.15) is 24.7 Å². The molecule has 1 atom stereocenters. The number of hydrogen-bond donors (Lipinski definition) is 0. The van der Waals surface area contributed by atoms with Crippen LogP contribution in [0.2, 0.25) is 0 Å². The predicted molar refractivity (Wildman–Crippen MR) is 247 cm³/mol. The highest BCUT2D eigenvalue weighted by molar-refractivity contribution is 6.25. The second-order valence-corrected chi connectivity index (χ2v) is 15.9. The van der Waals surface area contributed by atoms with Gasteiger partial charge in [-0.05, 0) is 91.0 Å². The van der Waals surface area contributed by atoms with Crippen LogP contribution in [0, 0.1) is 0 Å². The highest BCUT2D eigenvalue weighted by Crippen LogP contribution is 2.40. The van der Waals surface area contributed by atoms with Crippen LogP contribution in [0.25, 0.3) is 93.4 Å². The first kappa shape index (κ1) is 34.7. The van der Waals surface area contributed by atoms with E-state index in [0.29, 0.717) is 0 Å². The van der Waals surface area contributed by atoms with Gasteiger partial charge in [-0.2, -0.15) is 0 Å². The second kappa shape index (κ2) is 14.2. The second-order valence-electron chi connectivity index (χ2n) is 15.9. The minimum absolute atomic E-state index is 0.410. The van der Waals surface area contributed by atoms with E-state index in [1.165, 1.54) is 60.0 Å². The van der Waals surface area contributed by atoms with Gasteiger partial charge in [-0.15, -0.1) is 0 Å². The monoisotopic (exact) mass is 753 g/mol. The molecule has 0 amide bonds. The number of allylic oxidation sites excluding steroid dienone is 4. The van der Waals surface area contributed by atoms with E-state index in [1.807, 2.05) is 12.4 Å². The van der Waals surface area contributed by atoms with Crippen molar-refractivity contribution in [2.45, 2.75) is 18.8 Å². The van der Waals surface area contributed by atoms with Gasteiger partial charge in [0.2, 0.25) is 0 Å². The molecule has 278 valence electrons. The maximum absolute atomic E-state index is 5.34. The van der Waals surface area contributed by atoms with Crippen molar-refractivity contribution in [3.63, 3.8) is 0 Å². The van der Waals surface area contributed by atoms with Crippen LogP contribution < -0.4 is 0 Å². The fourth-order valence-electron chi connectivity index (χ4n) is 8.83. The minimum atomic E-state index is -0.410. The molecule has 0 N–H and O–H groups in total. The first-order valence-corrected chi connectivity index (χ1v) is 20.3. The average Bonchev–Trinajstić information content (AvgIpc) is 3.32. The first-order chi connectivity index (χ1) is 29.1. The molecule has 2 aromatic heterocycles. The van der Waals surface area contributed by atoms with E-state index in [9.17, 15) is 0 Å². The summed E-state index contributed by atoms with van der Waals surface area (Å²) in [4.78, 5) is 15.2. The Morgan fingerprint density at radius 1 is 0.424 bits per heavy atom. The zero-order valence-corrected chi connectivity index (χ0v) is 32.7. The lowest BCUT2D eigenvalue weighted by molar-refractivity contribution is 0.559. The molecule has 1 aliphatic carbocycles. The molecule has 0 saturated heterocycles. The molecule has 8 aromatic carbocycles. The van der Waals surface area contributed by atoms with E-state index >= 15 is 0 Å². The smallest absolute Gasteiger partial charge is 0.139 e. The molecular formula is C56H39N3. The lowest BCUT2D eigenvalue weighted by atomic mass is 9.79. The first-order valence-electron chi connectivity index (χ1n) is 20.3. The van der Waals surface area contributed by atoms with Crippen molar-refractivity contribution in [3.05, 3.63) is 218 Å². The van der Waals surface area contributed by atoms with Gasteiger partial charge in [0, 0.05) is 39.9 Å². The Morgan fingerprint density at radius 2 is 0.932 bits per heavy atom. The molecule has 1 unspecified atom stereocenters. The Morgan fingerprint density at radius 3 is 1.56 bits per heavy atom. The molecule has 0 bridgehead atoms. The van der Waals surface area contributed by atoms with E-state index in [-0.39, 0.29) is 0 Å². The van der Waals surface area contributed by atoms with Gasteiger partial charge in [0.1, 0.15) is 5.82 Å². The Hall–Kier alpha value is -7.49. The van der Waals surface area contributed by atoms with Gasteiger partial charge in [0.15, 0.2) is 0 Å². The summed E-state index contributed by atoms with van der Waals surface area (Å²) in [6.07, 6.45) is 11.6. The van der Waals surface area contributed by atoms with E-state index in [0.717, 1.165) is 51.3 Å². The molecule has 10 aromatic rings. The zero-order valence-electron chi connectivity index (χ0n) is 32.7. The van der Waals surface area contributed by atoms with Crippen LogP contribution in [0.5, 0.6) is 0 Å². The molecule has 0 radical (unpaired) electrons. The van der Waals surface area contributed by atoms with Crippen LogP contribution in [0.4, 0.5) is 0 Å². The third-order valence-corrected chi connectivity index (χ3v) is 12.1. The summed E-state index contributed by atoms with van der Waals surface area (Å²) in [6.45, 7) is 2.26. The van der Waals surface area contributed by atoms with Crippen LogP contribution >= 0.6 is 0 Å². The van der Waals surface area contributed by atoms with Gasteiger partial charge >= 0.3 is 0 Å². The third kappa shape index (κ3) is 6.20. The highest BCUT2D eigenvalue weighted by atomic mass is 14.9. The molecule has 0 spiro atoms. The summed E-state index contributed by atoms with van der Waals surface area (Å²) in [5.74, 6) is 0.807. The molecule has 0 saturated carbocycles. The topological polar surface area (TPSA) is 38.7 Å². The number of rotatable bonds is 6. The van der Waals surface area contributed by atoms with Crippen molar-refractivity contribution in [2.75, 3.05) is 0 Å². The van der Waals surface area contributed by atoms with E-state index < -0.39 is 5.41 Å². The molecule has 3 heteroatoms. The minimum Gasteiger partial charge on any atom is -0.263 e. The lowest BCUT2D eigenvalue weighted by Gasteiger charge is -2.28. The summed E-state index contributed by atoms with van der Waals surface area (Å²) in [6, 6.07) is 63.0. The standard InChI is InChI=1S/C56H39N3/c1-56(31-29-39(30-32-56)43-27-28-50-48-17-8-7-15-46(48)47-16-9-10-18-49(47)51(50)33-43)55-58-53(41-23-19-38(20-24-41)37-11-3-2-4-12-37)34-54(59-55)42-25-21-40(22-26-42)52-36-57-35-44-13-5-6-14-45(44)52/h2-31,33-36H,32H2,1H3. The number of hydrogen-bond acceptors (Lipinski definition) is 3. The molecule has 2 heterocycles. The van der Waals surface area contributed by atoms with E-state index in [1.54, 1.807) is 0 Å². The number of aromatic nitrogens is 3. The van der Waals surface area contributed by atoms with Crippen LogP contribution in [-0.2, 0) is 5.41 Å². The van der Waals surface area contributed by atoms with Crippen molar-refractivity contribution in [3.8, 4) is 44.8 Å². The van der Waals surface area contributed by atoms with E-state index in [4.69, 9.17) is 9.97 Å². The summed E-state index contributed by atoms with van der Waals surface area (Å²) in [7, 11) is 0. The van der Waals surface area contributed by atoms with Crippen molar-refractivity contribution in [1.82, 2.24) is 15.0 Å². The SMILES string of the molecule is CC1(c2nc(-c3ccc(-c4ccccc4)cc3)cc(-c3ccc(-c4cncc5ccccc45)cc3)n2)C=CC(c2ccc3c4ccccc4c4ccccc4c3c2)=CC1. The van der Waals surface area contributed by atoms with Crippen molar-refractivity contribution >= 4 is 48.7 Å². The van der Waals surface area contributed by atoms with Crippen molar-refractivity contribution in [1.29, 1.82) is 0 Å². The quantitative estimate of drug-likeness (QED) is 0.159. The fraction of sp³-hybridized carbons (Fsp3) is 0.0536. The van der Waals surface area contributed by atoms with Crippen LogP contribution in [-0.4, -0.2) is 15.0 Å². The normalized spacial score (nSPS) is 15.2. The van der Waals surface area contributed by atoms with Crippen LogP contribution in [0.3, 0.4) is 0 Å². The van der Waals surface area contributed by atoms with Gasteiger partial charge in [-0.3, -0.25) is 4.98 Å². The van der Waals surface area contributed by atoms with Gasteiger partial charge in [-0.1, -0.05) is 182 Å². The molecule has 59 heavy (non-hydrogen) atoms. The van der Waals surface area contributed by atoms with Gasteiger partial charge in [0.05, 0.1) is 11.4 Å². The van der Waals surface area contributed by atoms with Crippen molar-refractivity contribution in [2.24, 2.45) is 0 Å².